The maximum absolute atomic E-state index is 6.01. The van der Waals surface area contributed by atoms with Crippen molar-refractivity contribution in [1.82, 2.24) is 9.97 Å². The van der Waals surface area contributed by atoms with Crippen LogP contribution in [-0.4, -0.2) is 9.97 Å². The van der Waals surface area contributed by atoms with E-state index in [4.69, 9.17) is 5.73 Å². The monoisotopic (exact) mass is 241 g/mol. The van der Waals surface area contributed by atoms with E-state index >= 15 is 0 Å². The molecule has 0 atom stereocenters. The third-order valence-corrected chi connectivity index (χ3v) is 3.56. The van der Waals surface area contributed by atoms with Gasteiger partial charge in [0.05, 0.1) is 5.69 Å². The summed E-state index contributed by atoms with van der Waals surface area (Å²) in [6.45, 7) is 2.00. The van der Waals surface area contributed by atoms with Crippen LogP contribution in [0.3, 0.4) is 0 Å². The van der Waals surface area contributed by atoms with E-state index in [1.165, 1.54) is 0 Å². The Kier molecular flexibility index (Phi) is 2.30. The Morgan fingerprint density at radius 1 is 1.35 bits per heavy atom. The number of pyridine rings is 2. The smallest absolute Gasteiger partial charge is 0.126 e. The molecule has 4 heteroatoms. The minimum atomic E-state index is 0.788. The highest BCUT2D eigenvalue weighted by atomic mass is 32.1. The summed E-state index contributed by atoms with van der Waals surface area (Å²) in [5.74, 6) is 0. The Hall–Kier alpha value is -1.94. The first-order valence-corrected chi connectivity index (χ1v) is 6.18. The summed E-state index contributed by atoms with van der Waals surface area (Å²) in [7, 11) is 0. The molecule has 0 aliphatic carbocycles. The van der Waals surface area contributed by atoms with Crippen molar-refractivity contribution in [3.63, 3.8) is 0 Å². The lowest BCUT2D eigenvalue weighted by molar-refractivity contribution is 1.27. The average molecular weight is 241 g/mol. The number of nitrogen functional groups attached to an aromatic ring is 1. The fourth-order valence-corrected chi connectivity index (χ4v) is 2.84. The first-order chi connectivity index (χ1) is 8.25. The van der Waals surface area contributed by atoms with Gasteiger partial charge < -0.3 is 5.73 Å². The van der Waals surface area contributed by atoms with E-state index in [0.717, 1.165) is 32.7 Å². The van der Waals surface area contributed by atoms with Gasteiger partial charge in [-0.25, -0.2) is 4.98 Å². The molecule has 0 bridgehead atoms. The fraction of sp³-hybridized carbons (Fsp3) is 0.0769. The molecule has 0 saturated heterocycles. The van der Waals surface area contributed by atoms with Gasteiger partial charge in [-0.1, -0.05) is 6.07 Å². The molecular formula is C13H11N3S. The summed E-state index contributed by atoms with van der Waals surface area (Å²) in [5, 5.41) is 2.98. The van der Waals surface area contributed by atoms with Gasteiger partial charge >= 0.3 is 0 Å². The fourth-order valence-electron chi connectivity index (χ4n) is 1.94. The van der Waals surface area contributed by atoms with Gasteiger partial charge in [0.15, 0.2) is 0 Å². The van der Waals surface area contributed by atoms with E-state index < -0.39 is 0 Å². The summed E-state index contributed by atoms with van der Waals surface area (Å²) >= 11 is 1.58. The second-order valence-corrected chi connectivity index (χ2v) is 4.78. The molecule has 3 aromatic rings. The Labute approximate surface area is 103 Å². The molecule has 0 radical (unpaired) electrons. The summed E-state index contributed by atoms with van der Waals surface area (Å²) in [4.78, 5) is 9.64. The zero-order valence-electron chi connectivity index (χ0n) is 9.34. The third-order valence-electron chi connectivity index (χ3n) is 2.67. The molecule has 0 unspecified atom stereocenters. The van der Waals surface area contributed by atoms with Gasteiger partial charge in [-0.15, -0.1) is 11.3 Å². The second kappa shape index (κ2) is 3.82. The first-order valence-electron chi connectivity index (χ1n) is 5.30. The van der Waals surface area contributed by atoms with Gasteiger partial charge in [-0.3, -0.25) is 4.98 Å². The van der Waals surface area contributed by atoms with Gasteiger partial charge in [0.2, 0.25) is 0 Å². The molecule has 0 fully saturated rings. The Balaban J connectivity index is 2.39. The van der Waals surface area contributed by atoms with Crippen molar-refractivity contribution in [1.29, 1.82) is 0 Å². The molecule has 17 heavy (non-hydrogen) atoms. The van der Waals surface area contributed by atoms with E-state index in [0.29, 0.717) is 0 Å². The number of nitrogens with zero attached hydrogens (tertiary/aromatic N) is 2. The SMILES string of the molecule is Cc1cc(-c2cccnc2)c2c(N)csc2n1. The normalized spacial score (nSPS) is 10.9. The van der Waals surface area contributed by atoms with E-state index in [-0.39, 0.29) is 0 Å². The zero-order valence-corrected chi connectivity index (χ0v) is 10.2. The van der Waals surface area contributed by atoms with E-state index in [1.54, 1.807) is 17.5 Å². The summed E-state index contributed by atoms with van der Waals surface area (Å²) < 4.78 is 0. The number of anilines is 1. The van der Waals surface area contributed by atoms with Crippen molar-refractivity contribution < 1.29 is 0 Å². The lowest BCUT2D eigenvalue weighted by atomic mass is 10.0. The number of rotatable bonds is 1. The molecule has 3 aromatic heterocycles. The van der Waals surface area contributed by atoms with Crippen molar-refractivity contribution in [3.8, 4) is 11.1 Å². The highest BCUT2D eigenvalue weighted by Gasteiger charge is 2.10. The average Bonchev–Trinajstić information content (AvgIpc) is 2.71. The van der Waals surface area contributed by atoms with Gasteiger partial charge in [-0.05, 0) is 24.6 Å². The topological polar surface area (TPSA) is 51.8 Å². The van der Waals surface area contributed by atoms with Crippen LogP contribution in [0.4, 0.5) is 5.69 Å². The van der Waals surface area contributed by atoms with Crippen molar-refractivity contribution in [2.45, 2.75) is 6.92 Å². The highest BCUT2D eigenvalue weighted by molar-refractivity contribution is 7.17. The number of aryl methyl sites for hydroxylation is 1. The number of aromatic nitrogens is 2. The number of hydrogen-bond acceptors (Lipinski definition) is 4. The van der Waals surface area contributed by atoms with Crippen molar-refractivity contribution >= 4 is 27.2 Å². The molecule has 0 amide bonds. The number of fused-ring (bicyclic) bond motifs is 1. The maximum atomic E-state index is 6.01. The lowest BCUT2D eigenvalue weighted by Crippen LogP contribution is -1.89. The van der Waals surface area contributed by atoms with Crippen LogP contribution in [0.2, 0.25) is 0 Å². The van der Waals surface area contributed by atoms with Crippen LogP contribution < -0.4 is 5.73 Å². The van der Waals surface area contributed by atoms with Crippen molar-refractivity contribution in [2.75, 3.05) is 5.73 Å². The van der Waals surface area contributed by atoms with Gasteiger partial charge in [0.25, 0.3) is 0 Å². The molecular weight excluding hydrogens is 230 g/mol. The predicted octanol–water partition coefficient (Wildman–Crippen LogP) is 3.25. The molecule has 0 aliphatic heterocycles. The summed E-state index contributed by atoms with van der Waals surface area (Å²) in [5.41, 5.74) is 9.99. The molecule has 3 rings (SSSR count). The Morgan fingerprint density at radius 2 is 2.24 bits per heavy atom. The largest absolute Gasteiger partial charge is 0.397 e. The number of nitrogens with two attached hydrogens (primary N) is 1. The summed E-state index contributed by atoms with van der Waals surface area (Å²) in [6, 6.07) is 6.03. The first kappa shape index (κ1) is 10.2. The van der Waals surface area contributed by atoms with Crippen molar-refractivity contribution in [3.05, 3.63) is 41.7 Å². The van der Waals surface area contributed by atoms with Crippen LogP contribution in [0.25, 0.3) is 21.3 Å². The third kappa shape index (κ3) is 1.66. The van der Waals surface area contributed by atoms with Crippen LogP contribution in [0.1, 0.15) is 5.69 Å². The Morgan fingerprint density at radius 3 is 3.00 bits per heavy atom. The van der Waals surface area contributed by atoms with Gasteiger partial charge in [0.1, 0.15) is 4.83 Å². The molecule has 3 heterocycles. The van der Waals surface area contributed by atoms with Crippen LogP contribution in [0, 0.1) is 6.92 Å². The maximum Gasteiger partial charge on any atom is 0.126 e. The molecule has 0 saturated carbocycles. The van der Waals surface area contributed by atoms with E-state index in [9.17, 15) is 0 Å². The highest BCUT2D eigenvalue weighted by Crippen LogP contribution is 2.35. The van der Waals surface area contributed by atoms with Gasteiger partial charge in [0, 0.05) is 34.4 Å². The van der Waals surface area contributed by atoms with E-state index in [2.05, 4.69) is 16.0 Å². The molecule has 84 valence electrons. The molecule has 3 nitrogen and oxygen atoms in total. The zero-order chi connectivity index (χ0) is 11.8. The van der Waals surface area contributed by atoms with Crippen LogP contribution in [0.5, 0.6) is 0 Å². The van der Waals surface area contributed by atoms with E-state index in [1.807, 2.05) is 30.6 Å². The minimum absolute atomic E-state index is 0.788. The molecule has 0 aliphatic rings. The van der Waals surface area contributed by atoms with Gasteiger partial charge in [-0.2, -0.15) is 0 Å². The minimum Gasteiger partial charge on any atom is -0.397 e. The lowest BCUT2D eigenvalue weighted by Gasteiger charge is -2.05. The van der Waals surface area contributed by atoms with Crippen molar-refractivity contribution in [2.24, 2.45) is 0 Å². The van der Waals surface area contributed by atoms with Crippen LogP contribution >= 0.6 is 11.3 Å². The Bertz CT molecular complexity index is 674. The number of thiophene rings is 1. The molecule has 2 N–H and O–H groups in total. The second-order valence-electron chi connectivity index (χ2n) is 3.92. The van der Waals surface area contributed by atoms with Crippen LogP contribution in [-0.2, 0) is 0 Å². The standard InChI is InChI=1S/C13H11N3S/c1-8-5-10(9-3-2-4-15-6-9)12-11(14)7-17-13(12)16-8/h2-7H,14H2,1H3. The quantitative estimate of drug-likeness (QED) is 0.711. The predicted molar refractivity (Wildman–Crippen MR) is 72.0 cm³/mol. The molecule has 0 aromatic carbocycles. The molecule has 0 spiro atoms. The summed E-state index contributed by atoms with van der Waals surface area (Å²) in [6.07, 6.45) is 3.62. The number of hydrogen-bond donors (Lipinski definition) is 1. The van der Waals surface area contributed by atoms with Crippen LogP contribution in [0.15, 0.2) is 36.0 Å².